The predicted octanol–water partition coefficient (Wildman–Crippen LogP) is 3.61. The van der Waals surface area contributed by atoms with E-state index in [2.05, 4.69) is 20.4 Å². The fourth-order valence-electron chi connectivity index (χ4n) is 3.94. The number of nitrogens with zero attached hydrogens (tertiary/aromatic N) is 3. The van der Waals surface area contributed by atoms with Crippen LogP contribution < -0.4 is 19.5 Å². The van der Waals surface area contributed by atoms with Crippen LogP contribution in [-0.4, -0.2) is 55.4 Å². The van der Waals surface area contributed by atoms with Crippen LogP contribution in [0.5, 0.6) is 17.2 Å². The number of piperidine rings is 1. The smallest absolute Gasteiger partial charge is 0.241 e. The molecular formula is C24H28N4O5. The van der Waals surface area contributed by atoms with E-state index >= 15 is 0 Å². The first-order valence-electron chi connectivity index (χ1n) is 10.8. The molecule has 3 aromatic rings. The molecule has 4 rings (SSSR count). The van der Waals surface area contributed by atoms with Gasteiger partial charge < -0.3 is 24.1 Å². The normalized spacial score (nSPS) is 14.6. The Balaban J connectivity index is 1.32. The van der Waals surface area contributed by atoms with Crippen LogP contribution in [0.1, 0.15) is 18.7 Å². The quantitative estimate of drug-likeness (QED) is 0.553. The van der Waals surface area contributed by atoms with Gasteiger partial charge in [0.25, 0.3) is 0 Å². The molecule has 9 nitrogen and oxygen atoms in total. The molecular weight excluding hydrogens is 424 g/mol. The fourth-order valence-corrected chi connectivity index (χ4v) is 3.94. The molecule has 0 saturated carbocycles. The summed E-state index contributed by atoms with van der Waals surface area (Å²) in [6.45, 7) is 2.09. The lowest BCUT2D eigenvalue weighted by atomic mass is 9.96. The van der Waals surface area contributed by atoms with Crippen LogP contribution in [0.2, 0.25) is 0 Å². The summed E-state index contributed by atoms with van der Waals surface area (Å²) in [4.78, 5) is 19.5. The summed E-state index contributed by atoms with van der Waals surface area (Å²) in [7, 11) is 4.77. The molecule has 1 aliphatic rings. The molecule has 1 saturated heterocycles. The average Bonchev–Trinajstić information content (AvgIpc) is 3.32. The molecule has 1 aromatic heterocycles. The van der Waals surface area contributed by atoms with E-state index in [1.165, 1.54) is 0 Å². The zero-order valence-corrected chi connectivity index (χ0v) is 19.0. The number of amides is 1. The number of ether oxygens (including phenoxy) is 3. The first-order valence-corrected chi connectivity index (χ1v) is 10.8. The van der Waals surface area contributed by atoms with Crippen molar-refractivity contribution < 1.29 is 23.5 Å². The average molecular weight is 453 g/mol. The summed E-state index contributed by atoms with van der Waals surface area (Å²) >= 11 is 0. The summed E-state index contributed by atoms with van der Waals surface area (Å²) in [5.41, 5.74) is 1.48. The monoisotopic (exact) mass is 452 g/mol. The Morgan fingerprint density at radius 1 is 1.03 bits per heavy atom. The van der Waals surface area contributed by atoms with Gasteiger partial charge in [0.15, 0.2) is 11.5 Å². The number of carbonyl (C=O) groups is 1. The number of likely N-dealkylation sites (tertiary alicyclic amines) is 1. The van der Waals surface area contributed by atoms with Crippen LogP contribution in [-0.2, 0) is 11.3 Å². The van der Waals surface area contributed by atoms with Crippen molar-refractivity contribution in [3.63, 3.8) is 0 Å². The molecule has 174 valence electrons. The highest BCUT2D eigenvalue weighted by molar-refractivity contribution is 5.94. The van der Waals surface area contributed by atoms with Crippen molar-refractivity contribution in [2.45, 2.75) is 19.4 Å². The van der Waals surface area contributed by atoms with Crippen molar-refractivity contribution in [1.82, 2.24) is 15.0 Å². The van der Waals surface area contributed by atoms with Gasteiger partial charge in [-0.3, -0.25) is 9.69 Å². The van der Waals surface area contributed by atoms with Crippen molar-refractivity contribution >= 4 is 11.6 Å². The van der Waals surface area contributed by atoms with Gasteiger partial charge in [-0.1, -0.05) is 17.3 Å². The minimum absolute atomic E-state index is 0.0210. The zero-order chi connectivity index (χ0) is 23.2. The maximum Gasteiger partial charge on any atom is 0.241 e. The van der Waals surface area contributed by atoms with E-state index in [0.717, 1.165) is 31.5 Å². The maximum atomic E-state index is 12.7. The van der Waals surface area contributed by atoms with E-state index in [9.17, 15) is 4.79 Å². The minimum Gasteiger partial charge on any atom is -0.495 e. The Morgan fingerprint density at radius 3 is 2.48 bits per heavy atom. The van der Waals surface area contributed by atoms with E-state index in [1.807, 2.05) is 42.5 Å². The zero-order valence-electron chi connectivity index (χ0n) is 19.0. The molecule has 1 N–H and O–H groups in total. The van der Waals surface area contributed by atoms with Gasteiger partial charge in [-0.2, -0.15) is 4.98 Å². The summed E-state index contributed by atoms with van der Waals surface area (Å²) in [5.74, 6) is 2.92. The fraction of sp³-hybridized carbons (Fsp3) is 0.375. The van der Waals surface area contributed by atoms with Crippen molar-refractivity contribution in [1.29, 1.82) is 0 Å². The molecule has 0 unspecified atom stereocenters. The summed E-state index contributed by atoms with van der Waals surface area (Å²) < 4.78 is 21.4. The second-order valence-corrected chi connectivity index (χ2v) is 7.82. The Hall–Kier alpha value is -3.59. The Labute approximate surface area is 192 Å². The number of methoxy groups -OCH3 is 3. The highest BCUT2D eigenvalue weighted by Crippen LogP contribution is 2.31. The van der Waals surface area contributed by atoms with Gasteiger partial charge in [0.1, 0.15) is 5.75 Å². The van der Waals surface area contributed by atoms with E-state index in [0.29, 0.717) is 41.2 Å². The SMILES string of the molecule is COc1ccccc1NC(=O)C1CCN(Cc2nc(-c3ccc(OC)c(OC)c3)no2)CC1. The number of para-hydroxylation sites is 2. The second kappa shape index (κ2) is 10.4. The first kappa shape index (κ1) is 22.6. The lowest BCUT2D eigenvalue weighted by molar-refractivity contribution is -0.121. The van der Waals surface area contributed by atoms with Gasteiger partial charge in [0.05, 0.1) is 33.6 Å². The van der Waals surface area contributed by atoms with Crippen LogP contribution in [0.4, 0.5) is 5.69 Å². The van der Waals surface area contributed by atoms with Crippen molar-refractivity contribution in [2.24, 2.45) is 5.92 Å². The van der Waals surface area contributed by atoms with Gasteiger partial charge in [-0.25, -0.2) is 0 Å². The number of hydrogen-bond donors (Lipinski definition) is 1. The first-order chi connectivity index (χ1) is 16.1. The molecule has 0 radical (unpaired) electrons. The number of benzene rings is 2. The molecule has 0 spiro atoms. The van der Waals surface area contributed by atoms with Gasteiger partial charge >= 0.3 is 0 Å². The van der Waals surface area contributed by atoms with Crippen LogP contribution in [0.25, 0.3) is 11.4 Å². The van der Waals surface area contributed by atoms with Gasteiger partial charge in [0, 0.05) is 11.5 Å². The van der Waals surface area contributed by atoms with E-state index < -0.39 is 0 Å². The van der Waals surface area contributed by atoms with E-state index in [1.54, 1.807) is 21.3 Å². The highest BCUT2D eigenvalue weighted by Gasteiger charge is 2.26. The van der Waals surface area contributed by atoms with Crippen molar-refractivity contribution in [2.75, 3.05) is 39.7 Å². The number of nitrogens with one attached hydrogen (secondary N) is 1. The number of aromatic nitrogens is 2. The Kier molecular flexibility index (Phi) is 7.09. The number of anilines is 1. The standard InChI is InChI=1S/C24H28N4O5/c1-30-19-7-5-4-6-18(19)25-24(29)16-10-12-28(13-11-16)15-22-26-23(27-33-22)17-8-9-20(31-2)21(14-17)32-3/h4-9,14,16H,10-13,15H2,1-3H3,(H,25,29). The summed E-state index contributed by atoms with van der Waals surface area (Å²) in [6.07, 6.45) is 1.52. The lowest BCUT2D eigenvalue weighted by Crippen LogP contribution is -2.37. The Morgan fingerprint density at radius 2 is 1.76 bits per heavy atom. The number of hydrogen-bond acceptors (Lipinski definition) is 8. The van der Waals surface area contributed by atoms with E-state index in [4.69, 9.17) is 18.7 Å². The number of rotatable bonds is 8. The Bertz CT molecular complexity index is 1090. The summed E-state index contributed by atoms with van der Waals surface area (Å²) in [5, 5.41) is 7.10. The van der Waals surface area contributed by atoms with Gasteiger partial charge in [-0.15, -0.1) is 0 Å². The van der Waals surface area contributed by atoms with Crippen LogP contribution in [0.3, 0.4) is 0 Å². The molecule has 9 heteroatoms. The van der Waals surface area contributed by atoms with Gasteiger partial charge in [0.2, 0.25) is 17.6 Å². The lowest BCUT2D eigenvalue weighted by Gasteiger charge is -2.30. The molecule has 1 aliphatic heterocycles. The molecule has 2 heterocycles. The predicted molar refractivity (Wildman–Crippen MR) is 122 cm³/mol. The minimum atomic E-state index is -0.0452. The molecule has 2 aromatic carbocycles. The third kappa shape index (κ3) is 5.25. The second-order valence-electron chi connectivity index (χ2n) is 7.82. The largest absolute Gasteiger partial charge is 0.495 e. The third-order valence-electron chi connectivity index (χ3n) is 5.79. The highest BCUT2D eigenvalue weighted by atomic mass is 16.5. The maximum absolute atomic E-state index is 12.7. The molecule has 1 fully saturated rings. The summed E-state index contributed by atoms with van der Waals surface area (Å²) in [6, 6.07) is 12.9. The topological polar surface area (TPSA) is 99.0 Å². The third-order valence-corrected chi connectivity index (χ3v) is 5.79. The van der Waals surface area contributed by atoms with Crippen molar-refractivity contribution in [3.8, 4) is 28.6 Å². The van der Waals surface area contributed by atoms with Crippen LogP contribution in [0.15, 0.2) is 47.0 Å². The van der Waals surface area contributed by atoms with Crippen molar-refractivity contribution in [3.05, 3.63) is 48.4 Å². The van der Waals surface area contributed by atoms with E-state index in [-0.39, 0.29) is 11.8 Å². The molecule has 0 aliphatic carbocycles. The molecule has 0 atom stereocenters. The van der Waals surface area contributed by atoms with Crippen LogP contribution in [0, 0.1) is 5.92 Å². The van der Waals surface area contributed by atoms with Crippen LogP contribution >= 0.6 is 0 Å². The van der Waals surface area contributed by atoms with Gasteiger partial charge in [-0.05, 0) is 56.3 Å². The molecule has 1 amide bonds. The molecule has 0 bridgehead atoms. The molecule has 33 heavy (non-hydrogen) atoms. The number of carbonyl (C=O) groups excluding carboxylic acids is 1.